The van der Waals surface area contributed by atoms with Crippen LogP contribution in [0.25, 0.3) is 0 Å². The van der Waals surface area contributed by atoms with Crippen molar-refractivity contribution in [3.8, 4) is 0 Å². The molecule has 3 nitrogen and oxygen atoms in total. The van der Waals surface area contributed by atoms with E-state index in [1.807, 2.05) is 0 Å². The minimum atomic E-state index is -0.410. The van der Waals surface area contributed by atoms with Crippen molar-refractivity contribution >= 4 is 21.8 Å². The van der Waals surface area contributed by atoms with Gasteiger partial charge in [-0.15, -0.1) is 0 Å². The van der Waals surface area contributed by atoms with Crippen molar-refractivity contribution in [2.45, 2.75) is 31.7 Å². The highest BCUT2D eigenvalue weighted by molar-refractivity contribution is 9.10. The molecule has 1 amide bonds. The SMILES string of the molecule is NCC1CCCCC1NC(=O)c1cc(F)ccc1Br. The Labute approximate surface area is 120 Å². The maximum atomic E-state index is 13.2. The quantitative estimate of drug-likeness (QED) is 0.896. The summed E-state index contributed by atoms with van der Waals surface area (Å²) in [6.07, 6.45) is 4.26. The highest BCUT2D eigenvalue weighted by Crippen LogP contribution is 2.25. The van der Waals surface area contributed by atoms with E-state index in [2.05, 4.69) is 21.2 Å². The average Bonchev–Trinajstić information content (AvgIpc) is 2.42. The fourth-order valence-electron chi connectivity index (χ4n) is 2.60. The second kappa shape index (κ2) is 6.48. The Hall–Kier alpha value is -0.940. The van der Waals surface area contributed by atoms with Crippen LogP contribution < -0.4 is 11.1 Å². The first-order valence-electron chi connectivity index (χ1n) is 6.58. The molecule has 1 aliphatic rings. The molecule has 3 N–H and O–H groups in total. The van der Waals surface area contributed by atoms with Crippen LogP contribution in [0.4, 0.5) is 4.39 Å². The summed E-state index contributed by atoms with van der Waals surface area (Å²) in [6.45, 7) is 0.579. The minimum absolute atomic E-state index is 0.0985. The van der Waals surface area contributed by atoms with Crippen molar-refractivity contribution in [3.05, 3.63) is 34.1 Å². The first kappa shape index (κ1) is 14.5. The van der Waals surface area contributed by atoms with Gasteiger partial charge in [-0.3, -0.25) is 4.79 Å². The summed E-state index contributed by atoms with van der Waals surface area (Å²) in [4.78, 5) is 12.2. The van der Waals surface area contributed by atoms with Crippen molar-refractivity contribution in [3.63, 3.8) is 0 Å². The molecule has 1 aromatic carbocycles. The Morgan fingerprint density at radius 1 is 1.42 bits per heavy atom. The number of benzene rings is 1. The summed E-state index contributed by atoms with van der Waals surface area (Å²) < 4.78 is 13.8. The van der Waals surface area contributed by atoms with Crippen molar-refractivity contribution in [1.29, 1.82) is 0 Å². The summed E-state index contributed by atoms with van der Waals surface area (Å²) in [5.74, 6) is -0.325. The van der Waals surface area contributed by atoms with Gasteiger partial charge in [0.15, 0.2) is 0 Å². The third kappa shape index (κ3) is 3.54. The van der Waals surface area contributed by atoms with E-state index < -0.39 is 5.82 Å². The molecule has 0 bridgehead atoms. The summed E-state index contributed by atoms with van der Waals surface area (Å²) in [5, 5.41) is 2.99. The molecule has 0 heterocycles. The van der Waals surface area contributed by atoms with E-state index in [1.165, 1.54) is 12.1 Å². The summed E-state index contributed by atoms with van der Waals surface area (Å²) in [7, 11) is 0. The zero-order valence-corrected chi connectivity index (χ0v) is 12.2. The van der Waals surface area contributed by atoms with Gasteiger partial charge in [0.05, 0.1) is 5.56 Å². The van der Waals surface area contributed by atoms with Crippen molar-refractivity contribution in [2.24, 2.45) is 11.7 Å². The van der Waals surface area contributed by atoms with Gasteiger partial charge in [-0.2, -0.15) is 0 Å². The second-order valence-corrected chi connectivity index (χ2v) is 5.84. The van der Waals surface area contributed by atoms with Crippen molar-refractivity contribution in [2.75, 3.05) is 6.54 Å². The van der Waals surface area contributed by atoms with Gasteiger partial charge in [0, 0.05) is 10.5 Å². The Kier molecular flexibility index (Phi) is 4.93. The molecular weight excluding hydrogens is 311 g/mol. The number of halogens is 2. The van der Waals surface area contributed by atoms with E-state index in [0.717, 1.165) is 25.7 Å². The average molecular weight is 329 g/mol. The molecule has 1 fully saturated rings. The predicted molar refractivity (Wildman–Crippen MR) is 76.4 cm³/mol. The number of amides is 1. The fraction of sp³-hybridized carbons (Fsp3) is 0.500. The Morgan fingerprint density at radius 2 is 2.16 bits per heavy atom. The number of nitrogens with one attached hydrogen (secondary N) is 1. The molecule has 5 heteroatoms. The maximum absolute atomic E-state index is 13.2. The second-order valence-electron chi connectivity index (χ2n) is 4.98. The van der Waals surface area contributed by atoms with Crippen LogP contribution in [0.5, 0.6) is 0 Å². The van der Waals surface area contributed by atoms with Crippen LogP contribution in [0.3, 0.4) is 0 Å². The molecule has 0 radical (unpaired) electrons. The van der Waals surface area contributed by atoms with Gasteiger partial charge in [0.1, 0.15) is 5.82 Å². The monoisotopic (exact) mass is 328 g/mol. The third-order valence-electron chi connectivity index (χ3n) is 3.70. The van der Waals surface area contributed by atoms with Crippen LogP contribution >= 0.6 is 15.9 Å². The molecule has 2 atom stereocenters. The molecular formula is C14H18BrFN2O. The van der Waals surface area contributed by atoms with Crippen LogP contribution in [0.15, 0.2) is 22.7 Å². The molecule has 0 aliphatic heterocycles. The molecule has 0 saturated heterocycles. The first-order valence-corrected chi connectivity index (χ1v) is 7.37. The first-order chi connectivity index (χ1) is 9.11. The summed E-state index contributed by atoms with van der Waals surface area (Å²) in [6, 6.07) is 4.22. The third-order valence-corrected chi connectivity index (χ3v) is 4.39. The highest BCUT2D eigenvalue weighted by Gasteiger charge is 2.26. The van der Waals surface area contributed by atoms with E-state index in [-0.39, 0.29) is 11.9 Å². The Bertz CT molecular complexity index is 467. The molecule has 2 rings (SSSR count). The molecule has 0 spiro atoms. The minimum Gasteiger partial charge on any atom is -0.349 e. The van der Waals surface area contributed by atoms with Gasteiger partial charge in [-0.25, -0.2) is 4.39 Å². The van der Waals surface area contributed by atoms with Crippen molar-refractivity contribution < 1.29 is 9.18 Å². The van der Waals surface area contributed by atoms with Gasteiger partial charge in [-0.05, 0) is 59.4 Å². The number of rotatable bonds is 3. The topological polar surface area (TPSA) is 55.1 Å². The van der Waals surface area contributed by atoms with Gasteiger partial charge >= 0.3 is 0 Å². The summed E-state index contributed by atoms with van der Waals surface area (Å²) in [5.41, 5.74) is 6.08. The standard InChI is InChI=1S/C14H18BrFN2O/c15-12-6-5-10(16)7-11(12)14(19)18-13-4-2-1-3-9(13)8-17/h5-7,9,13H,1-4,8,17H2,(H,18,19). The number of carbonyl (C=O) groups excluding carboxylic acids is 1. The molecule has 1 aliphatic carbocycles. The fourth-order valence-corrected chi connectivity index (χ4v) is 3.02. The van der Waals surface area contributed by atoms with Crippen LogP contribution in [0.2, 0.25) is 0 Å². The van der Waals surface area contributed by atoms with E-state index in [1.54, 1.807) is 6.07 Å². The van der Waals surface area contributed by atoms with Gasteiger partial charge in [-0.1, -0.05) is 12.8 Å². The largest absolute Gasteiger partial charge is 0.349 e. The lowest BCUT2D eigenvalue weighted by atomic mass is 9.84. The predicted octanol–water partition coefficient (Wildman–Crippen LogP) is 2.84. The molecule has 2 unspecified atom stereocenters. The van der Waals surface area contributed by atoms with Gasteiger partial charge in [0.2, 0.25) is 0 Å². The normalized spacial score (nSPS) is 23.1. The van der Waals surface area contributed by atoms with Gasteiger partial charge < -0.3 is 11.1 Å². The van der Waals surface area contributed by atoms with E-state index in [4.69, 9.17) is 5.73 Å². The van der Waals surface area contributed by atoms with Crippen LogP contribution in [0.1, 0.15) is 36.0 Å². The van der Waals surface area contributed by atoms with Crippen molar-refractivity contribution in [1.82, 2.24) is 5.32 Å². The zero-order valence-electron chi connectivity index (χ0n) is 10.7. The number of hydrogen-bond donors (Lipinski definition) is 2. The number of hydrogen-bond acceptors (Lipinski definition) is 2. The summed E-state index contributed by atoms with van der Waals surface area (Å²) >= 11 is 3.28. The molecule has 1 aromatic rings. The lowest BCUT2D eigenvalue weighted by Crippen LogP contribution is -2.44. The zero-order chi connectivity index (χ0) is 13.8. The van der Waals surface area contributed by atoms with Crippen LogP contribution in [-0.4, -0.2) is 18.5 Å². The maximum Gasteiger partial charge on any atom is 0.252 e. The smallest absolute Gasteiger partial charge is 0.252 e. The molecule has 104 valence electrons. The van der Waals surface area contributed by atoms with Gasteiger partial charge in [0.25, 0.3) is 5.91 Å². The van der Waals surface area contributed by atoms with E-state index >= 15 is 0 Å². The number of carbonyl (C=O) groups is 1. The highest BCUT2D eigenvalue weighted by atomic mass is 79.9. The Morgan fingerprint density at radius 3 is 2.89 bits per heavy atom. The lowest BCUT2D eigenvalue weighted by Gasteiger charge is -2.31. The van der Waals surface area contributed by atoms with E-state index in [9.17, 15) is 9.18 Å². The number of nitrogens with two attached hydrogens (primary N) is 1. The van der Waals surface area contributed by atoms with E-state index in [0.29, 0.717) is 22.5 Å². The van der Waals surface area contributed by atoms with Crippen LogP contribution in [0, 0.1) is 11.7 Å². The molecule has 19 heavy (non-hydrogen) atoms. The van der Waals surface area contributed by atoms with Crippen LogP contribution in [-0.2, 0) is 0 Å². The molecule has 1 saturated carbocycles. The molecule has 0 aromatic heterocycles. The lowest BCUT2D eigenvalue weighted by molar-refractivity contribution is 0.0907. The Balaban J connectivity index is 2.09.